The van der Waals surface area contributed by atoms with Crippen molar-refractivity contribution in [3.8, 4) is 22.8 Å². The second-order valence-corrected chi connectivity index (χ2v) is 7.74. The normalized spacial score (nSPS) is 10.8. The molecule has 0 bridgehead atoms. The van der Waals surface area contributed by atoms with Gasteiger partial charge in [0.1, 0.15) is 5.75 Å². The van der Waals surface area contributed by atoms with Crippen molar-refractivity contribution in [1.29, 1.82) is 0 Å². The Morgan fingerprint density at radius 1 is 0.969 bits per heavy atom. The van der Waals surface area contributed by atoms with Crippen molar-refractivity contribution in [1.82, 2.24) is 14.8 Å². The number of carbonyl (C=O) groups excluding carboxylic acids is 1. The molecule has 1 N–H and O–H groups in total. The Kier molecular flexibility index (Phi) is 6.03. The molecule has 0 aliphatic carbocycles. The summed E-state index contributed by atoms with van der Waals surface area (Å²) >= 11 is 0. The summed E-state index contributed by atoms with van der Waals surface area (Å²) in [7, 11) is 0. The lowest BCUT2D eigenvalue weighted by molar-refractivity contribution is 0.101. The minimum atomic E-state index is -0.350. The van der Waals surface area contributed by atoms with E-state index in [-0.39, 0.29) is 11.7 Å². The van der Waals surface area contributed by atoms with Crippen LogP contribution in [-0.2, 0) is 0 Å². The maximum Gasteiger partial charge on any atom is 0.295 e. The number of nitrogens with one attached hydrogen (secondary N) is 1. The van der Waals surface area contributed by atoms with Crippen molar-refractivity contribution in [3.05, 3.63) is 89.2 Å². The van der Waals surface area contributed by atoms with Crippen LogP contribution in [0.15, 0.2) is 66.7 Å². The average molecular weight is 427 g/mol. The van der Waals surface area contributed by atoms with Crippen LogP contribution in [0.2, 0.25) is 0 Å². The van der Waals surface area contributed by atoms with Crippen LogP contribution in [0.3, 0.4) is 0 Å². The molecule has 0 radical (unpaired) electrons. The predicted octanol–water partition coefficient (Wildman–Crippen LogP) is 5.51. The summed E-state index contributed by atoms with van der Waals surface area (Å²) in [6.45, 7) is 8.51. The predicted molar refractivity (Wildman–Crippen MR) is 127 cm³/mol. The van der Waals surface area contributed by atoms with Gasteiger partial charge in [0.2, 0.25) is 5.82 Å². The number of anilines is 1. The van der Waals surface area contributed by atoms with Crippen LogP contribution < -0.4 is 10.1 Å². The van der Waals surface area contributed by atoms with E-state index in [2.05, 4.69) is 15.4 Å². The molecular weight excluding hydrogens is 400 g/mol. The van der Waals surface area contributed by atoms with E-state index in [1.807, 2.05) is 94.4 Å². The largest absolute Gasteiger partial charge is 0.494 e. The highest BCUT2D eigenvalue weighted by Gasteiger charge is 2.19. The molecule has 1 aromatic heterocycles. The van der Waals surface area contributed by atoms with Gasteiger partial charge in [-0.15, -0.1) is 5.10 Å². The van der Waals surface area contributed by atoms with Gasteiger partial charge in [-0.2, -0.15) is 0 Å². The number of aromatic nitrogens is 3. The number of amides is 1. The lowest BCUT2D eigenvalue weighted by atomic mass is 10.1. The molecule has 0 aliphatic rings. The van der Waals surface area contributed by atoms with E-state index in [4.69, 9.17) is 4.74 Å². The summed E-state index contributed by atoms with van der Waals surface area (Å²) in [6, 6.07) is 21.5. The number of hydrogen-bond acceptors (Lipinski definition) is 4. The van der Waals surface area contributed by atoms with Crippen LogP contribution in [0.5, 0.6) is 5.75 Å². The zero-order valence-electron chi connectivity index (χ0n) is 18.7. The average Bonchev–Trinajstić information content (AvgIpc) is 3.23. The molecule has 1 amide bonds. The monoisotopic (exact) mass is 426 g/mol. The molecule has 6 nitrogen and oxygen atoms in total. The maximum absolute atomic E-state index is 13.0. The molecular formula is C26H26N4O2. The van der Waals surface area contributed by atoms with Gasteiger partial charge in [-0.1, -0.05) is 35.9 Å². The van der Waals surface area contributed by atoms with Crippen LogP contribution in [0, 0.1) is 20.8 Å². The summed E-state index contributed by atoms with van der Waals surface area (Å²) in [6.07, 6.45) is 0. The lowest BCUT2D eigenvalue weighted by Crippen LogP contribution is -2.15. The third-order valence-electron chi connectivity index (χ3n) is 5.12. The first-order valence-electron chi connectivity index (χ1n) is 10.6. The molecule has 6 heteroatoms. The van der Waals surface area contributed by atoms with Crippen LogP contribution in [0.4, 0.5) is 5.69 Å². The molecule has 1 heterocycles. The quantitative estimate of drug-likeness (QED) is 0.441. The van der Waals surface area contributed by atoms with E-state index >= 15 is 0 Å². The zero-order valence-corrected chi connectivity index (χ0v) is 18.7. The number of carbonyl (C=O) groups is 1. The highest BCUT2D eigenvalue weighted by atomic mass is 16.5. The van der Waals surface area contributed by atoms with Crippen molar-refractivity contribution < 1.29 is 9.53 Å². The molecule has 4 rings (SSSR count). The molecule has 4 aromatic rings. The smallest absolute Gasteiger partial charge is 0.295 e. The summed E-state index contributed by atoms with van der Waals surface area (Å²) in [5.74, 6) is 1.14. The molecule has 3 aromatic carbocycles. The third-order valence-corrected chi connectivity index (χ3v) is 5.12. The van der Waals surface area contributed by atoms with E-state index in [1.165, 1.54) is 0 Å². The first kappa shape index (κ1) is 21.3. The van der Waals surface area contributed by atoms with Crippen LogP contribution in [0.25, 0.3) is 17.1 Å². The van der Waals surface area contributed by atoms with Gasteiger partial charge >= 0.3 is 0 Å². The van der Waals surface area contributed by atoms with Gasteiger partial charge in [0.15, 0.2) is 5.82 Å². The Labute approximate surface area is 187 Å². The highest BCUT2D eigenvalue weighted by Crippen LogP contribution is 2.24. The van der Waals surface area contributed by atoms with Gasteiger partial charge in [0.25, 0.3) is 5.91 Å². The number of rotatable bonds is 6. The van der Waals surface area contributed by atoms with E-state index in [0.717, 1.165) is 39.4 Å². The van der Waals surface area contributed by atoms with Gasteiger partial charge in [-0.25, -0.2) is 9.67 Å². The second kappa shape index (κ2) is 9.06. The molecule has 0 saturated carbocycles. The van der Waals surface area contributed by atoms with Crippen LogP contribution >= 0.6 is 0 Å². The molecule has 0 spiro atoms. The zero-order chi connectivity index (χ0) is 22.7. The minimum absolute atomic E-state index is 0.108. The third kappa shape index (κ3) is 4.54. The topological polar surface area (TPSA) is 69.0 Å². The van der Waals surface area contributed by atoms with Crippen LogP contribution in [0.1, 0.15) is 34.2 Å². The number of benzene rings is 3. The maximum atomic E-state index is 13.0. The molecule has 162 valence electrons. The number of aryl methyl sites for hydroxylation is 3. The van der Waals surface area contributed by atoms with Crippen molar-refractivity contribution in [2.45, 2.75) is 27.7 Å². The first-order valence-corrected chi connectivity index (χ1v) is 10.6. The Balaban J connectivity index is 1.75. The van der Waals surface area contributed by atoms with E-state index in [0.29, 0.717) is 12.4 Å². The number of nitrogens with zero attached hydrogens (tertiary/aromatic N) is 3. The molecule has 0 atom stereocenters. The van der Waals surface area contributed by atoms with Crippen molar-refractivity contribution >= 4 is 11.6 Å². The molecule has 0 aliphatic heterocycles. The Morgan fingerprint density at radius 2 is 1.72 bits per heavy atom. The summed E-state index contributed by atoms with van der Waals surface area (Å²) in [5.41, 5.74) is 5.59. The van der Waals surface area contributed by atoms with Gasteiger partial charge in [-0.05, 0) is 75.2 Å². The molecule has 0 unspecified atom stereocenters. The van der Waals surface area contributed by atoms with Crippen molar-refractivity contribution in [2.24, 2.45) is 0 Å². The summed E-state index contributed by atoms with van der Waals surface area (Å²) < 4.78 is 7.25. The molecule has 32 heavy (non-hydrogen) atoms. The van der Waals surface area contributed by atoms with Crippen molar-refractivity contribution in [3.63, 3.8) is 0 Å². The fourth-order valence-corrected chi connectivity index (χ4v) is 3.46. The summed E-state index contributed by atoms with van der Waals surface area (Å²) in [5, 5.41) is 7.51. The lowest BCUT2D eigenvalue weighted by Gasteiger charge is -2.08. The minimum Gasteiger partial charge on any atom is -0.494 e. The van der Waals surface area contributed by atoms with Gasteiger partial charge in [0, 0.05) is 11.3 Å². The van der Waals surface area contributed by atoms with Gasteiger partial charge in [0.05, 0.1) is 12.3 Å². The van der Waals surface area contributed by atoms with Gasteiger partial charge in [-0.3, -0.25) is 4.79 Å². The Morgan fingerprint density at radius 3 is 2.44 bits per heavy atom. The molecule has 0 saturated heterocycles. The van der Waals surface area contributed by atoms with E-state index in [9.17, 15) is 4.79 Å². The summed E-state index contributed by atoms with van der Waals surface area (Å²) in [4.78, 5) is 17.7. The second-order valence-electron chi connectivity index (χ2n) is 7.74. The van der Waals surface area contributed by atoms with Crippen LogP contribution in [-0.4, -0.2) is 27.3 Å². The Bertz CT molecular complexity index is 1260. The van der Waals surface area contributed by atoms with E-state index in [1.54, 1.807) is 4.68 Å². The van der Waals surface area contributed by atoms with E-state index < -0.39 is 0 Å². The number of ether oxygens (including phenoxy) is 1. The fourth-order valence-electron chi connectivity index (χ4n) is 3.46. The standard InChI is InChI=1S/C26H26N4O2/c1-5-32-22-13-11-21(12-14-22)30-25(20-8-6-7-17(2)15-20)28-24(29-30)26(31)27-23-16-18(3)9-10-19(23)4/h6-16H,5H2,1-4H3,(H,27,31). The Hall–Kier alpha value is -3.93. The fraction of sp³-hybridized carbons (Fsp3) is 0.192. The highest BCUT2D eigenvalue weighted by molar-refractivity contribution is 6.02. The van der Waals surface area contributed by atoms with Crippen molar-refractivity contribution in [2.75, 3.05) is 11.9 Å². The molecule has 0 fully saturated rings. The number of hydrogen-bond donors (Lipinski definition) is 1. The van der Waals surface area contributed by atoms with Gasteiger partial charge < -0.3 is 10.1 Å². The first-order chi connectivity index (χ1) is 15.4. The SMILES string of the molecule is CCOc1ccc(-n2nc(C(=O)Nc3cc(C)ccc3C)nc2-c2cccc(C)c2)cc1.